The number of halogens is 1. The van der Waals surface area contributed by atoms with Gasteiger partial charge in [0.05, 0.1) is 37.0 Å². The van der Waals surface area contributed by atoms with Crippen LogP contribution >= 0.6 is 0 Å². The van der Waals surface area contributed by atoms with E-state index in [-0.39, 0.29) is 29.1 Å². The predicted octanol–water partition coefficient (Wildman–Crippen LogP) is 2.45. The smallest absolute Gasteiger partial charge is 0.323 e. The minimum absolute atomic E-state index is 0.0823. The number of nitro groups is 1. The average Bonchev–Trinajstić information content (AvgIpc) is 3.37. The third-order valence-electron chi connectivity index (χ3n) is 6.46. The normalized spacial score (nSPS) is 17.1. The molecule has 0 atom stereocenters. The van der Waals surface area contributed by atoms with Crippen molar-refractivity contribution in [3.05, 3.63) is 51.8 Å². The molecule has 0 radical (unpaired) electrons. The number of anilines is 2. The minimum atomic E-state index is -0.448. The van der Waals surface area contributed by atoms with E-state index >= 15 is 0 Å². The molecule has 3 aromatic rings. The Bertz CT molecular complexity index is 1180. The van der Waals surface area contributed by atoms with Gasteiger partial charge in [0.1, 0.15) is 11.5 Å². The molecule has 2 saturated heterocycles. The molecule has 0 N–H and O–H groups in total. The lowest BCUT2D eigenvalue weighted by Crippen LogP contribution is -2.41. The van der Waals surface area contributed by atoms with Crippen LogP contribution in [0.2, 0.25) is 0 Å². The van der Waals surface area contributed by atoms with Crippen molar-refractivity contribution in [3.63, 3.8) is 0 Å². The molecule has 3 heterocycles. The molecule has 0 spiro atoms. The van der Waals surface area contributed by atoms with Crippen molar-refractivity contribution in [3.8, 4) is 0 Å². The van der Waals surface area contributed by atoms with E-state index in [4.69, 9.17) is 14.1 Å². The van der Waals surface area contributed by atoms with E-state index in [1.807, 2.05) is 9.80 Å². The number of nitro benzene ring substituents is 1. The summed E-state index contributed by atoms with van der Waals surface area (Å²) in [5, 5.41) is 20.0. The van der Waals surface area contributed by atoms with Crippen molar-refractivity contribution in [2.75, 3.05) is 75.5 Å². The molecule has 35 heavy (non-hydrogen) atoms. The number of nitrogens with zero attached hydrogens (tertiary/aromatic N) is 6. The SMILES string of the molecule is O=[N+]([O-])c1c(N2CCOCC2)cc(N(CCN2CCOCC2)Cc2ccccc2F)c2nonc12. The Morgan fingerprint density at radius 2 is 1.71 bits per heavy atom. The first-order valence-corrected chi connectivity index (χ1v) is 11.7. The average molecular weight is 487 g/mol. The molecule has 2 aliphatic rings. The van der Waals surface area contributed by atoms with E-state index in [2.05, 4.69) is 15.2 Å². The van der Waals surface area contributed by atoms with Crippen LogP contribution in [0.3, 0.4) is 0 Å². The van der Waals surface area contributed by atoms with E-state index < -0.39 is 4.92 Å². The van der Waals surface area contributed by atoms with Crippen LogP contribution in [-0.2, 0) is 16.0 Å². The maximum Gasteiger partial charge on any atom is 0.323 e. The molecule has 0 aliphatic carbocycles. The van der Waals surface area contributed by atoms with Gasteiger partial charge in [0.25, 0.3) is 0 Å². The van der Waals surface area contributed by atoms with Crippen molar-refractivity contribution >= 4 is 28.1 Å². The van der Waals surface area contributed by atoms with Gasteiger partial charge >= 0.3 is 5.69 Å². The Hall–Kier alpha value is -3.35. The lowest BCUT2D eigenvalue weighted by Gasteiger charge is -2.33. The molecule has 2 aromatic carbocycles. The second-order valence-electron chi connectivity index (χ2n) is 8.55. The fourth-order valence-corrected chi connectivity index (χ4v) is 4.57. The third kappa shape index (κ3) is 5.04. The summed E-state index contributed by atoms with van der Waals surface area (Å²) >= 11 is 0. The van der Waals surface area contributed by atoms with Gasteiger partial charge < -0.3 is 19.3 Å². The standard InChI is InChI=1S/C23H27FN6O5/c24-18-4-2-1-3-17(18)16-29(6-5-27-7-11-33-12-8-27)19-15-20(28-9-13-34-14-10-28)23(30(31)32)22-21(19)25-35-26-22/h1-4,15H,5-14,16H2. The van der Waals surface area contributed by atoms with Gasteiger partial charge in [-0.05, 0) is 22.4 Å². The maximum atomic E-state index is 14.6. The Labute approximate surface area is 201 Å². The van der Waals surface area contributed by atoms with E-state index in [1.165, 1.54) is 6.07 Å². The van der Waals surface area contributed by atoms with E-state index in [9.17, 15) is 14.5 Å². The quantitative estimate of drug-likeness (QED) is 0.348. The van der Waals surface area contributed by atoms with E-state index in [0.29, 0.717) is 69.5 Å². The lowest BCUT2D eigenvalue weighted by molar-refractivity contribution is -0.382. The van der Waals surface area contributed by atoms with Crippen molar-refractivity contribution in [2.24, 2.45) is 0 Å². The number of morpholine rings is 2. The number of hydrogen-bond donors (Lipinski definition) is 0. The first-order chi connectivity index (χ1) is 17.1. The fraction of sp³-hybridized carbons (Fsp3) is 0.478. The summed E-state index contributed by atoms with van der Waals surface area (Å²) in [6.45, 7) is 6.46. The molecule has 0 bridgehead atoms. The zero-order chi connectivity index (χ0) is 24.2. The summed E-state index contributed by atoms with van der Waals surface area (Å²) in [6, 6.07) is 8.37. The van der Waals surface area contributed by atoms with Crippen LogP contribution in [-0.4, -0.2) is 85.8 Å². The monoisotopic (exact) mass is 486 g/mol. The topological polar surface area (TPSA) is 110 Å². The maximum absolute atomic E-state index is 14.6. The van der Waals surface area contributed by atoms with Gasteiger partial charge in [0, 0.05) is 51.4 Å². The van der Waals surface area contributed by atoms with E-state index in [1.54, 1.807) is 24.3 Å². The molecule has 0 unspecified atom stereocenters. The van der Waals surface area contributed by atoms with Gasteiger partial charge in [-0.1, -0.05) is 18.2 Å². The van der Waals surface area contributed by atoms with Gasteiger partial charge in [-0.2, -0.15) is 0 Å². The molecule has 186 valence electrons. The summed E-state index contributed by atoms with van der Waals surface area (Å²) in [5.41, 5.74) is 1.79. The summed E-state index contributed by atoms with van der Waals surface area (Å²) in [7, 11) is 0. The summed E-state index contributed by atoms with van der Waals surface area (Å²) in [4.78, 5) is 17.8. The Kier molecular flexibility index (Phi) is 7.02. The minimum Gasteiger partial charge on any atom is -0.379 e. The first kappa shape index (κ1) is 23.4. The summed E-state index contributed by atoms with van der Waals surface area (Å²) in [5.74, 6) is -0.311. The highest BCUT2D eigenvalue weighted by Gasteiger charge is 2.31. The van der Waals surface area contributed by atoms with Gasteiger partial charge in [0.2, 0.25) is 5.52 Å². The lowest BCUT2D eigenvalue weighted by atomic mass is 10.1. The number of hydrogen-bond acceptors (Lipinski definition) is 10. The molecule has 0 saturated carbocycles. The molecule has 2 aliphatic heterocycles. The van der Waals surface area contributed by atoms with Gasteiger partial charge in [-0.25, -0.2) is 9.02 Å². The van der Waals surface area contributed by atoms with Gasteiger partial charge in [-0.15, -0.1) is 0 Å². The summed E-state index contributed by atoms with van der Waals surface area (Å²) in [6.07, 6.45) is 0. The first-order valence-electron chi connectivity index (χ1n) is 11.7. The molecule has 2 fully saturated rings. The van der Waals surface area contributed by atoms with E-state index in [0.717, 1.165) is 13.1 Å². The van der Waals surface area contributed by atoms with Crippen molar-refractivity contribution in [1.29, 1.82) is 0 Å². The van der Waals surface area contributed by atoms with Crippen molar-refractivity contribution < 1.29 is 23.4 Å². The highest BCUT2D eigenvalue weighted by Crippen LogP contribution is 2.41. The zero-order valence-corrected chi connectivity index (χ0v) is 19.3. The summed E-state index contributed by atoms with van der Waals surface area (Å²) < 4.78 is 30.5. The second-order valence-corrected chi connectivity index (χ2v) is 8.55. The van der Waals surface area contributed by atoms with Gasteiger partial charge in [0.15, 0.2) is 5.52 Å². The number of aromatic nitrogens is 2. The van der Waals surface area contributed by atoms with Crippen LogP contribution in [0.25, 0.3) is 11.0 Å². The molecule has 5 rings (SSSR count). The number of rotatable bonds is 8. The largest absolute Gasteiger partial charge is 0.379 e. The Morgan fingerprint density at radius 1 is 1.03 bits per heavy atom. The van der Waals surface area contributed by atoms with Crippen molar-refractivity contribution in [1.82, 2.24) is 15.2 Å². The molecule has 12 heteroatoms. The Morgan fingerprint density at radius 3 is 2.43 bits per heavy atom. The molecule has 0 amide bonds. The highest BCUT2D eigenvalue weighted by atomic mass is 19.1. The van der Waals surface area contributed by atoms with Gasteiger partial charge in [-0.3, -0.25) is 15.0 Å². The fourth-order valence-electron chi connectivity index (χ4n) is 4.57. The number of fused-ring (bicyclic) bond motifs is 1. The Balaban J connectivity index is 1.57. The highest BCUT2D eigenvalue weighted by molar-refractivity contribution is 6.00. The van der Waals surface area contributed by atoms with Crippen LogP contribution in [0, 0.1) is 15.9 Å². The van der Waals surface area contributed by atoms with Crippen LogP contribution in [0.5, 0.6) is 0 Å². The van der Waals surface area contributed by atoms with Crippen LogP contribution in [0.1, 0.15) is 5.56 Å². The van der Waals surface area contributed by atoms with Crippen LogP contribution < -0.4 is 9.80 Å². The number of ether oxygens (including phenoxy) is 2. The molecule has 11 nitrogen and oxygen atoms in total. The van der Waals surface area contributed by atoms with Crippen molar-refractivity contribution in [2.45, 2.75) is 6.54 Å². The molecular weight excluding hydrogens is 459 g/mol. The second kappa shape index (κ2) is 10.5. The molecular formula is C23H27FN6O5. The van der Waals surface area contributed by atoms with Crippen LogP contribution in [0.4, 0.5) is 21.5 Å². The molecule has 1 aromatic heterocycles. The van der Waals surface area contributed by atoms with Crippen LogP contribution in [0.15, 0.2) is 35.0 Å². The number of benzene rings is 2. The predicted molar refractivity (Wildman–Crippen MR) is 126 cm³/mol. The zero-order valence-electron chi connectivity index (χ0n) is 19.3. The third-order valence-corrected chi connectivity index (χ3v) is 6.46.